The lowest BCUT2D eigenvalue weighted by Gasteiger charge is -2.25. The van der Waals surface area contributed by atoms with E-state index < -0.39 is 0 Å². The van der Waals surface area contributed by atoms with E-state index in [2.05, 4.69) is 51.5 Å². The van der Waals surface area contributed by atoms with E-state index in [1.54, 1.807) is 35.5 Å². The number of imidazole rings is 1. The van der Waals surface area contributed by atoms with Gasteiger partial charge in [0, 0.05) is 35.1 Å². The Hall–Kier alpha value is -4.27. The van der Waals surface area contributed by atoms with E-state index in [0.29, 0.717) is 5.69 Å². The molecule has 0 atom stereocenters. The summed E-state index contributed by atoms with van der Waals surface area (Å²) in [5.74, 6) is 1.15. The molecule has 160 valence electrons. The van der Waals surface area contributed by atoms with Gasteiger partial charge in [0.05, 0.1) is 16.7 Å². The van der Waals surface area contributed by atoms with Gasteiger partial charge in [0.25, 0.3) is 0 Å². The van der Waals surface area contributed by atoms with Crippen LogP contribution in [0, 0.1) is 0 Å². The van der Waals surface area contributed by atoms with Crippen molar-refractivity contribution in [3.63, 3.8) is 0 Å². The molecule has 3 N–H and O–H groups in total. The van der Waals surface area contributed by atoms with Crippen LogP contribution < -0.4 is 5.73 Å². The summed E-state index contributed by atoms with van der Waals surface area (Å²) >= 11 is 0. The van der Waals surface area contributed by atoms with E-state index in [1.807, 2.05) is 18.2 Å². The second-order valence-electron chi connectivity index (χ2n) is 8.52. The normalized spacial score (nSPS) is 11.8. The van der Waals surface area contributed by atoms with Crippen molar-refractivity contribution < 1.29 is 5.11 Å². The Morgan fingerprint density at radius 3 is 2.44 bits per heavy atom. The monoisotopic (exact) mass is 426 g/mol. The molecule has 3 heterocycles. The number of aromatic hydroxyl groups is 1. The van der Waals surface area contributed by atoms with Crippen LogP contribution in [0.5, 0.6) is 5.75 Å². The number of nitrogens with zero attached hydrogens (tertiary/aromatic N) is 7. The molecule has 5 aromatic rings. The van der Waals surface area contributed by atoms with E-state index in [-0.39, 0.29) is 17.2 Å². The number of nitrogen functional groups attached to an aromatic ring is 1. The lowest BCUT2D eigenvalue weighted by Crippen LogP contribution is -2.23. The Kier molecular flexibility index (Phi) is 4.40. The smallest absolute Gasteiger partial charge is 0.219 e. The first-order chi connectivity index (χ1) is 15.3. The van der Waals surface area contributed by atoms with Gasteiger partial charge in [-0.15, -0.1) is 0 Å². The van der Waals surface area contributed by atoms with Gasteiger partial charge in [-0.05, 0) is 50.6 Å². The zero-order valence-corrected chi connectivity index (χ0v) is 17.9. The minimum Gasteiger partial charge on any atom is -0.508 e. The van der Waals surface area contributed by atoms with Crippen molar-refractivity contribution in [1.82, 2.24) is 34.3 Å². The van der Waals surface area contributed by atoms with Gasteiger partial charge in [0.2, 0.25) is 5.95 Å². The van der Waals surface area contributed by atoms with Crippen LogP contribution in [0.4, 0.5) is 5.95 Å². The summed E-state index contributed by atoms with van der Waals surface area (Å²) in [7, 11) is 0. The number of benzene rings is 2. The highest BCUT2D eigenvalue weighted by atomic mass is 16.3. The van der Waals surface area contributed by atoms with E-state index in [9.17, 15) is 5.11 Å². The first-order valence-corrected chi connectivity index (χ1v) is 10.1. The molecule has 0 bridgehead atoms. The molecule has 2 aromatic carbocycles. The third-order valence-electron chi connectivity index (χ3n) is 5.22. The van der Waals surface area contributed by atoms with Crippen molar-refractivity contribution in [2.75, 3.05) is 5.73 Å². The largest absolute Gasteiger partial charge is 0.508 e. The van der Waals surface area contributed by atoms with Gasteiger partial charge >= 0.3 is 0 Å². The molecule has 0 unspecified atom stereocenters. The number of nitrogens with two attached hydrogens (primary N) is 1. The maximum Gasteiger partial charge on any atom is 0.219 e. The van der Waals surface area contributed by atoms with Crippen molar-refractivity contribution in [2.45, 2.75) is 26.3 Å². The predicted octanol–water partition coefficient (Wildman–Crippen LogP) is 3.78. The molecule has 0 saturated heterocycles. The Morgan fingerprint density at radius 2 is 1.75 bits per heavy atom. The molecule has 0 aliphatic carbocycles. The standard InChI is InChI=1S/C23H22N8O/c1-23(2,3)31-19-7-4-14(15-10-26-22(24)27-11-15)8-18(19)29-21(31)17-6-5-16(32)9-20(17)30-13-25-12-28-30/h4-13,32H,1-3H3,(H2,24,26,27). The number of anilines is 1. The van der Waals surface area contributed by atoms with Gasteiger partial charge in [-0.2, -0.15) is 5.10 Å². The van der Waals surface area contributed by atoms with Crippen molar-refractivity contribution >= 4 is 17.0 Å². The molecule has 32 heavy (non-hydrogen) atoms. The van der Waals surface area contributed by atoms with Crippen molar-refractivity contribution in [2.24, 2.45) is 0 Å². The zero-order chi connectivity index (χ0) is 22.5. The number of phenols is 1. The third-order valence-corrected chi connectivity index (χ3v) is 5.22. The predicted molar refractivity (Wildman–Crippen MR) is 122 cm³/mol. The first kappa shape index (κ1) is 19.7. The summed E-state index contributed by atoms with van der Waals surface area (Å²) in [6.45, 7) is 6.40. The summed E-state index contributed by atoms with van der Waals surface area (Å²) in [5.41, 5.74) is 10.5. The van der Waals surface area contributed by atoms with E-state index in [0.717, 1.165) is 33.5 Å². The van der Waals surface area contributed by atoms with Crippen LogP contribution in [-0.4, -0.2) is 39.4 Å². The molecule has 0 saturated carbocycles. The van der Waals surface area contributed by atoms with Crippen LogP contribution in [0.3, 0.4) is 0 Å². The van der Waals surface area contributed by atoms with Gasteiger partial charge in [-0.3, -0.25) is 0 Å². The van der Waals surface area contributed by atoms with Crippen molar-refractivity contribution in [3.8, 4) is 34.0 Å². The molecule has 9 heteroatoms. The Bertz CT molecular complexity index is 1410. The van der Waals surface area contributed by atoms with Gasteiger partial charge in [-0.25, -0.2) is 24.6 Å². The number of phenolic OH excluding ortho intramolecular Hbond substituents is 1. The number of rotatable bonds is 3. The maximum atomic E-state index is 10.1. The van der Waals surface area contributed by atoms with Crippen molar-refractivity contribution in [1.29, 1.82) is 0 Å². The fourth-order valence-corrected chi connectivity index (χ4v) is 3.84. The SMILES string of the molecule is CC(C)(C)n1c(-c2ccc(O)cc2-n2cncn2)nc2cc(-c3cnc(N)nc3)ccc21. The molecule has 0 fully saturated rings. The lowest BCUT2D eigenvalue weighted by atomic mass is 10.0. The number of hydrogen-bond acceptors (Lipinski definition) is 7. The van der Waals surface area contributed by atoms with Crippen LogP contribution in [0.15, 0.2) is 61.4 Å². The first-order valence-electron chi connectivity index (χ1n) is 10.1. The maximum absolute atomic E-state index is 10.1. The quantitative estimate of drug-likeness (QED) is 0.450. The van der Waals surface area contributed by atoms with Gasteiger partial charge in [0.15, 0.2) is 0 Å². The molecule has 0 radical (unpaired) electrons. The van der Waals surface area contributed by atoms with E-state index in [4.69, 9.17) is 10.7 Å². The highest BCUT2D eigenvalue weighted by molar-refractivity contribution is 5.87. The average molecular weight is 426 g/mol. The number of aromatic nitrogens is 7. The molecular weight excluding hydrogens is 404 g/mol. The second kappa shape index (κ2) is 7.16. The molecule has 9 nitrogen and oxygen atoms in total. The molecule has 0 aliphatic heterocycles. The highest BCUT2D eigenvalue weighted by Crippen LogP contribution is 2.36. The average Bonchev–Trinajstić information content (AvgIpc) is 3.41. The van der Waals surface area contributed by atoms with Crippen LogP contribution >= 0.6 is 0 Å². The zero-order valence-electron chi connectivity index (χ0n) is 17.9. The number of fused-ring (bicyclic) bond motifs is 1. The van der Waals surface area contributed by atoms with Crippen LogP contribution in [0.1, 0.15) is 20.8 Å². The Morgan fingerprint density at radius 1 is 0.969 bits per heavy atom. The lowest BCUT2D eigenvalue weighted by molar-refractivity contribution is 0.413. The molecule has 0 aliphatic rings. The van der Waals surface area contributed by atoms with Crippen molar-refractivity contribution in [3.05, 3.63) is 61.4 Å². The van der Waals surface area contributed by atoms with Gasteiger partial charge < -0.3 is 15.4 Å². The topological polar surface area (TPSA) is 121 Å². The summed E-state index contributed by atoms with van der Waals surface area (Å²) in [5, 5.41) is 14.4. The Balaban J connectivity index is 1.76. The fourth-order valence-electron chi connectivity index (χ4n) is 3.84. The summed E-state index contributed by atoms with van der Waals surface area (Å²) in [6.07, 6.45) is 6.46. The van der Waals surface area contributed by atoms with E-state index >= 15 is 0 Å². The molecule has 0 spiro atoms. The summed E-state index contributed by atoms with van der Waals surface area (Å²) in [4.78, 5) is 17.2. The summed E-state index contributed by atoms with van der Waals surface area (Å²) < 4.78 is 3.82. The van der Waals surface area contributed by atoms with Crippen LogP contribution in [0.2, 0.25) is 0 Å². The highest BCUT2D eigenvalue weighted by Gasteiger charge is 2.25. The Labute approximate surface area is 184 Å². The second-order valence-corrected chi connectivity index (χ2v) is 8.52. The number of hydrogen-bond donors (Lipinski definition) is 2. The third kappa shape index (κ3) is 3.33. The minimum atomic E-state index is -0.257. The minimum absolute atomic E-state index is 0.142. The van der Waals surface area contributed by atoms with Crippen LogP contribution in [-0.2, 0) is 5.54 Å². The molecule has 0 amide bonds. The molecular formula is C23H22N8O. The molecule has 5 rings (SSSR count). The molecule has 3 aromatic heterocycles. The van der Waals surface area contributed by atoms with Crippen LogP contribution in [0.25, 0.3) is 39.2 Å². The van der Waals surface area contributed by atoms with Gasteiger partial charge in [-0.1, -0.05) is 6.07 Å². The summed E-state index contributed by atoms with van der Waals surface area (Å²) in [6, 6.07) is 11.3. The van der Waals surface area contributed by atoms with Gasteiger partial charge in [0.1, 0.15) is 24.2 Å². The van der Waals surface area contributed by atoms with E-state index in [1.165, 1.54) is 6.33 Å². The fraction of sp³-hybridized carbons (Fsp3) is 0.174.